The molecule has 0 fully saturated rings. The van der Waals surface area contributed by atoms with E-state index in [1.807, 2.05) is 0 Å². The van der Waals surface area contributed by atoms with Crippen LogP contribution in [0.15, 0.2) is 18.2 Å². The molecule has 0 aliphatic rings. The molecule has 0 spiro atoms. The maximum Gasteiger partial charge on any atom is 0.416 e. The fraction of sp³-hybridized carbons (Fsp3) is 0.125. The van der Waals surface area contributed by atoms with Gasteiger partial charge in [-0.2, -0.15) is 26.9 Å². The van der Waals surface area contributed by atoms with Crippen molar-refractivity contribution in [2.24, 2.45) is 5.14 Å². The van der Waals surface area contributed by atoms with Gasteiger partial charge in [0.25, 0.3) is 10.2 Å². The van der Waals surface area contributed by atoms with Gasteiger partial charge in [-0.05, 0) is 18.2 Å². The lowest BCUT2D eigenvalue weighted by Gasteiger charge is -2.10. The molecule has 0 aromatic heterocycles. The maximum absolute atomic E-state index is 12.3. The molecule has 0 aliphatic carbocycles. The number of nitrogens with two attached hydrogens (primary N) is 1. The lowest BCUT2D eigenvalue weighted by atomic mass is 10.1. The van der Waals surface area contributed by atoms with Gasteiger partial charge in [-0.1, -0.05) is 0 Å². The second kappa shape index (κ2) is 4.23. The molecule has 0 saturated carbocycles. The Morgan fingerprint density at radius 1 is 1.35 bits per heavy atom. The quantitative estimate of drug-likeness (QED) is 0.840. The Bertz CT molecular complexity index is 575. The first kappa shape index (κ1) is 13.3. The highest BCUT2D eigenvalue weighted by atomic mass is 32.2. The van der Waals surface area contributed by atoms with E-state index in [0.29, 0.717) is 12.1 Å². The van der Waals surface area contributed by atoms with Crippen molar-refractivity contribution in [3.8, 4) is 6.07 Å². The minimum Gasteiger partial charge on any atom is -0.270 e. The van der Waals surface area contributed by atoms with Crippen LogP contribution in [0.5, 0.6) is 0 Å². The molecular weight excluding hydrogens is 259 g/mol. The van der Waals surface area contributed by atoms with Gasteiger partial charge in [-0.25, -0.2) is 5.14 Å². The average Bonchev–Trinajstić information content (AvgIpc) is 2.13. The molecular formula is C8H6F3N3O2S. The summed E-state index contributed by atoms with van der Waals surface area (Å²) >= 11 is 0. The topological polar surface area (TPSA) is 96.0 Å². The van der Waals surface area contributed by atoms with Crippen LogP contribution in [-0.4, -0.2) is 8.42 Å². The van der Waals surface area contributed by atoms with Gasteiger partial charge in [0.2, 0.25) is 0 Å². The van der Waals surface area contributed by atoms with Gasteiger partial charge in [0.15, 0.2) is 0 Å². The zero-order chi connectivity index (χ0) is 13.3. The Kier molecular flexibility index (Phi) is 3.30. The smallest absolute Gasteiger partial charge is 0.270 e. The molecule has 0 amide bonds. The number of alkyl halides is 3. The van der Waals surface area contributed by atoms with E-state index in [-0.39, 0.29) is 5.56 Å². The largest absolute Gasteiger partial charge is 0.416 e. The van der Waals surface area contributed by atoms with Crippen LogP contribution in [0.1, 0.15) is 11.1 Å². The first-order valence-electron chi connectivity index (χ1n) is 4.05. The van der Waals surface area contributed by atoms with Crippen molar-refractivity contribution in [1.82, 2.24) is 0 Å². The summed E-state index contributed by atoms with van der Waals surface area (Å²) in [7, 11) is -4.24. The van der Waals surface area contributed by atoms with Crippen LogP contribution in [0.4, 0.5) is 18.9 Å². The maximum atomic E-state index is 12.3. The molecule has 1 aromatic carbocycles. The number of halogens is 3. The standard InChI is InChI=1S/C8H6F3N3O2S/c9-8(10,11)6-2-1-5(4-12)7(3-6)14-17(13,15)16/h1-3,14H,(H2,13,15,16). The average molecular weight is 265 g/mol. The van der Waals surface area contributed by atoms with Gasteiger partial charge in [0.1, 0.15) is 6.07 Å². The summed E-state index contributed by atoms with van der Waals surface area (Å²) in [5, 5.41) is 13.2. The van der Waals surface area contributed by atoms with Crippen LogP contribution in [0.2, 0.25) is 0 Å². The molecule has 0 aliphatic heterocycles. The van der Waals surface area contributed by atoms with E-state index >= 15 is 0 Å². The number of hydrogen-bond acceptors (Lipinski definition) is 3. The van der Waals surface area contributed by atoms with Crippen LogP contribution in [-0.2, 0) is 16.4 Å². The molecule has 17 heavy (non-hydrogen) atoms. The molecule has 3 N–H and O–H groups in total. The molecule has 0 bridgehead atoms. The van der Waals surface area contributed by atoms with Gasteiger partial charge >= 0.3 is 6.18 Å². The van der Waals surface area contributed by atoms with Gasteiger partial charge in [0.05, 0.1) is 16.8 Å². The van der Waals surface area contributed by atoms with E-state index in [0.717, 1.165) is 6.07 Å². The predicted molar refractivity (Wildman–Crippen MR) is 52.9 cm³/mol. The summed E-state index contributed by atoms with van der Waals surface area (Å²) in [5.74, 6) is 0. The van der Waals surface area contributed by atoms with E-state index in [2.05, 4.69) is 5.14 Å². The number of nitrogens with zero attached hydrogens (tertiary/aromatic N) is 1. The van der Waals surface area contributed by atoms with Gasteiger partial charge in [0, 0.05) is 0 Å². The number of rotatable bonds is 2. The normalized spacial score (nSPS) is 11.9. The van der Waals surface area contributed by atoms with Crippen LogP contribution in [0.25, 0.3) is 0 Å². The second-order valence-corrected chi connectivity index (χ2v) is 4.31. The highest BCUT2D eigenvalue weighted by molar-refractivity contribution is 7.90. The fourth-order valence-electron chi connectivity index (χ4n) is 1.06. The highest BCUT2D eigenvalue weighted by Crippen LogP contribution is 2.32. The van der Waals surface area contributed by atoms with Crippen molar-refractivity contribution >= 4 is 15.9 Å². The number of anilines is 1. The number of nitriles is 1. The summed E-state index contributed by atoms with van der Waals surface area (Å²) in [4.78, 5) is 0. The van der Waals surface area contributed by atoms with E-state index in [4.69, 9.17) is 5.26 Å². The van der Waals surface area contributed by atoms with E-state index < -0.39 is 27.6 Å². The first-order valence-corrected chi connectivity index (χ1v) is 5.60. The SMILES string of the molecule is N#Cc1ccc(C(F)(F)F)cc1NS(N)(=O)=O. The van der Waals surface area contributed by atoms with Crippen molar-refractivity contribution in [3.05, 3.63) is 29.3 Å². The molecule has 1 aromatic rings. The van der Waals surface area contributed by atoms with Crippen molar-refractivity contribution in [2.45, 2.75) is 6.18 Å². The molecule has 0 unspecified atom stereocenters. The monoisotopic (exact) mass is 265 g/mol. The van der Waals surface area contributed by atoms with Crippen molar-refractivity contribution in [2.75, 3.05) is 4.72 Å². The Hall–Kier alpha value is -1.79. The van der Waals surface area contributed by atoms with Crippen LogP contribution >= 0.6 is 0 Å². The van der Waals surface area contributed by atoms with E-state index in [9.17, 15) is 21.6 Å². The molecule has 92 valence electrons. The van der Waals surface area contributed by atoms with Crippen LogP contribution < -0.4 is 9.86 Å². The molecule has 0 radical (unpaired) electrons. The Morgan fingerprint density at radius 3 is 2.35 bits per heavy atom. The second-order valence-electron chi connectivity index (χ2n) is 3.02. The summed E-state index contributed by atoms with van der Waals surface area (Å²) in [6.45, 7) is 0. The molecule has 5 nitrogen and oxygen atoms in total. The zero-order valence-electron chi connectivity index (χ0n) is 8.12. The van der Waals surface area contributed by atoms with Crippen molar-refractivity contribution < 1.29 is 21.6 Å². The van der Waals surface area contributed by atoms with Gasteiger partial charge in [-0.15, -0.1) is 0 Å². The number of nitrogens with one attached hydrogen (secondary N) is 1. The lowest BCUT2D eigenvalue weighted by Crippen LogP contribution is -2.22. The minimum atomic E-state index is -4.64. The van der Waals surface area contributed by atoms with E-state index in [1.165, 1.54) is 0 Å². The molecule has 9 heteroatoms. The Labute approximate surface area is 94.8 Å². The lowest BCUT2D eigenvalue weighted by molar-refractivity contribution is -0.137. The fourth-order valence-corrected chi connectivity index (χ4v) is 1.53. The Morgan fingerprint density at radius 2 is 1.94 bits per heavy atom. The molecule has 0 saturated heterocycles. The van der Waals surface area contributed by atoms with Gasteiger partial charge in [-0.3, -0.25) is 4.72 Å². The van der Waals surface area contributed by atoms with Gasteiger partial charge < -0.3 is 0 Å². The third kappa shape index (κ3) is 3.61. The summed E-state index contributed by atoms with van der Waals surface area (Å²) in [6.07, 6.45) is -4.64. The minimum absolute atomic E-state index is 0.257. The summed E-state index contributed by atoms with van der Waals surface area (Å²) < 4.78 is 60.1. The van der Waals surface area contributed by atoms with Crippen LogP contribution in [0, 0.1) is 11.3 Å². The first-order chi connectivity index (χ1) is 7.63. The van der Waals surface area contributed by atoms with Crippen molar-refractivity contribution in [1.29, 1.82) is 5.26 Å². The van der Waals surface area contributed by atoms with Crippen LogP contribution in [0.3, 0.4) is 0 Å². The summed E-state index contributed by atoms with van der Waals surface area (Å²) in [6, 6.07) is 3.58. The Balaban J connectivity index is 3.32. The molecule has 0 heterocycles. The third-order valence-corrected chi connectivity index (χ3v) is 2.22. The predicted octanol–water partition coefficient (Wildman–Crippen LogP) is 1.19. The van der Waals surface area contributed by atoms with Crippen molar-refractivity contribution in [3.63, 3.8) is 0 Å². The molecule has 1 rings (SSSR count). The number of hydrogen-bond donors (Lipinski definition) is 2. The highest BCUT2D eigenvalue weighted by Gasteiger charge is 2.31. The van der Waals surface area contributed by atoms with E-state index in [1.54, 1.807) is 10.8 Å². The summed E-state index contributed by atoms with van der Waals surface area (Å²) in [5.41, 5.74) is -1.85. The molecule has 0 atom stereocenters. The number of benzene rings is 1. The third-order valence-electron chi connectivity index (χ3n) is 1.72. The zero-order valence-corrected chi connectivity index (χ0v) is 8.93.